The van der Waals surface area contributed by atoms with Crippen LogP contribution in [-0.4, -0.2) is 29.7 Å². The Hall–Kier alpha value is -3.07. The van der Waals surface area contributed by atoms with Crippen LogP contribution in [0.5, 0.6) is 0 Å². The molecule has 0 unspecified atom stereocenters. The number of carbonyl (C=O) groups excluding carboxylic acids is 1. The molecule has 0 N–H and O–H groups in total. The molecule has 0 bridgehead atoms. The zero-order valence-electron chi connectivity index (χ0n) is 19.2. The third kappa shape index (κ3) is 5.04. The van der Waals surface area contributed by atoms with Gasteiger partial charge in [-0.05, 0) is 48.4 Å². The first-order chi connectivity index (χ1) is 16.4. The van der Waals surface area contributed by atoms with Gasteiger partial charge in [-0.2, -0.15) is 9.30 Å². The van der Waals surface area contributed by atoms with Crippen LogP contribution < -0.4 is 4.80 Å². The zero-order chi connectivity index (χ0) is 24.1. The Balaban J connectivity index is 1.61. The summed E-state index contributed by atoms with van der Waals surface area (Å²) in [4.78, 5) is 18.1. The summed E-state index contributed by atoms with van der Waals surface area (Å²) in [5.74, 6) is -0.392. The van der Waals surface area contributed by atoms with E-state index in [0.29, 0.717) is 23.5 Å². The van der Waals surface area contributed by atoms with Crippen LogP contribution in [0.1, 0.15) is 36.2 Å². The molecule has 0 radical (unpaired) electrons. The van der Waals surface area contributed by atoms with E-state index in [1.165, 1.54) is 39.9 Å². The van der Waals surface area contributed by atoms with Crippen molar-refractivity contribution < 1.29 is 13.2 Å². The van der Waals surface area contributed by atoms with Gasteiger partial charge < -0.3 is 4.57 Å². The second-order valence-corrected chi connectivity index (χ2v) is 10.8. The lowest BCUT2D eigenvalue weighted by molar-refractivity contribution is 0.0997. The van der Waals surface area contributed by atoms with Crippen molar-refractivity contribution in [3.8, 4) is 0 Å². The summed E-state index contributed by atoms with van der Waals surface area (Å²) >= 11 is 1.47. The maximum absolute atomic E-state index is 13.2. The van der Waals surface area contributed by atoms with E-state index in [9.17, 15) is 13.2 Å². The Bertz CT molecular complexity index is 1450. The smallest absolute Gasteiger partial charge is 0.279 e. The van der Waals surface area contributed by atoms with Crippen molar-refractivity contribution in [2.45, 2.75) is 38.3 Å². The number of hydrogen-bond donors (Lipinski definition) is 0. The molecular formula is C26H27N3O3S2. The third-order valence-electron chi connectivity index (χ3n) is 5.53. The predicted molar refractivity (Wildman–Crippen MR) is 136 cm³/mol. The minimum absolute atomic E-state index is 0.157. The zero-order valence-corrected chi connectivity index (χ0v) is 20.8. The lowest BCUT2D eigenvalue weighted by Gasteiger charge is -2.20. The van der Waals surface area contributed by atoms with Gasteiger partial charge in [-0.15, -0.1) is 0 Å². The molecule has 0 aliphatic carbocycles. The van der Waals surface area contributed by atoms with Gasteiger partial charge in [0, 0.05) is 25.2 Å². The van der Waals surface area contributed by atoms with Crippen LogP contribution in [0.3, 0.4) is 0 Å². The summed E-state index contributed by atoms with van der Waals surface area (Å²) in [6.07, 6.45) is 0.922. The van der Waals surface area contributed by atoms with E-state index in [1.54, 1.807) is 0 Å². The van der Waals surface area contributed by atoms with Crippen molar-refractivity contribution in [2.24, 2.45) is 4.99 Å². The number of sulfonamides is 1. The fraction of sp³-hybridized carbons (Fsp3) is 0.231. The van der Waals surface area contributed by atoms with E-state index >= 15 is 0 Å². The van der Waals surface area contributed by atoms with Gasteiger partial charge in [0.05, 0.1) is 15.1 Å². The average Bonchev–Trinajstić information content (AvgIpc) is 3.20. The molecule has 8 heteroatoms. The quantitative estimate of drug-likeness (QED) is 0.344. The number of aromatic nitrogens is 1. The van der Waals surface area contributed by atoms with Crippen molar-refractivity contribution in [2.75, 3.05) is 6.54 Å². The molecule has 6 nitrogen and oxygen atoms in total. The summed E-state index contributed by atoms with van der Waals surface area (Å²) in [5, 5.41) is 0. The number of amides is 1. The first-order valence-electron chi connectivity index (χ1n) is 11.3. The molecule has 34 heavy (non-hydrogen) atoms. The van der Waals surface area contributed by atoms with Crippen LogP contribution >= 0.6 is 11.3 Å². The SMILES string of the molecule is CCCn1c(=NC(=O)c2ccc(S(=O)(=O)N(CC)Cc3ccccc3)cc2)sc2ccccc21. The van der Waals surface area contributed by atoms with Crippen LogP contribution in [0.15, 0.2) is 88.8 Å². The normalized spacial score (nSPS) is 12.5. The van der Waals surface area contributed by atoms with Crippen molar-refractivity contribution in [1.82, 2.24) is 8.87 Å². The number of benzene rings is 3. The van der Waals surface area contributed by atoms with E-state index in [-0.39, 0.29) is 4.90 Å². The molecule has 1 amide bonds. The molecule has 176 valence electrons. The fourth-order valence-electron chi connectivity index (χ4n) is 3.77. The van der Waals surface area contributed by atoms with Crippen molar-refractivity contribution >= 4 is 37.5 Å². The van der Waals surface area contributed by atoms with Crippen LogP contribution in [0.2, 0.25) is 0 Å². The summed E-state index contributed by atoms with van der Waals surface area (Å²) < 4.78 is 30.9. The van der Waals surface area contributed by atoms with Crippen LogP contribution in [-0.2, 0) is 23.1 Å². The van der Waals surface area contributed by atoms with Gasteiger partial charge in [0.15, 0.2) is 4.80 Å². The monoisotopic (exact) mass is 493 g/mol. The summed E-state index contributed by atoms with van der Waals surface area (Å²) in [6.45, 7) is 5.30. The number of para-hydroxylation sites is 1. The summed E-state index contributed by atoms with van der Waals surface area (Å²) in [7, 11) is -3.69. The summed E-state index contributed by atoms with van der Waals surface area (Å²) in [6, 6.07) is 23.5. The van der Waals surface area contributed by atoms with Gasteiger partial charge in [0.1, 0.15) is 0 Å². The van der Waals surface area contributed by atoms with Crippen molar-refractivity contribution in [3.63, 3.8) is 0 Å². The van der Waals surface area contributed by atoms with E-state index < -0.39 is 15.9 Å². The van der Waals surface area contributed by atoms with Crippen LogP contribution in [0.25, 0.3) is 10.2 Å². The lowest BCUT2D eigenvalue weighted by atomic mass is 10.2. The van der Waals surface area contributed by atoms with Crippen LogP contribution in [0, 0.1) is 0 Å². The highest BCUT2D eigenvalue weighted by atomic mass is 32.2. The Morgan fingerprint density at radius 1 is 0.941 bits per heavy atom. The number of hydrogen-bond acceptors (Lipinski definition) is 4. The van der Waals surface area contributed by atoms with E-state index in [4.69, 9.17) is 0 Å². The second-order valence-electron chi connectivity index (χ2n) is 7.86. The average molecular weight is 494 g/mol. The molecule has 0 atom stereocenters. The second kappa shape index (κ2) is 10.5. The maximum Gasteiger partial charge on any atom is 0.279 e. The van der Waals surface area contributed by atoms with E-state index in [0.717, 1.165) is 28.7 Å². The number of rotatable bonds is 8. The first-order valence-corrected chi connectivity index (χ1v) is 13.5. The fourth-order valence-corrected chi connectivity index (χ4v) is 6.26. The molecule has 4 rings (SSSR count). The van der Waals surface area contributed by atoms with Gasteiger partial charge in [-0.1, -0.05) is 67.6 Å². The highest BCUT2D eigenvalue weighted by Gasteiger charge is 2.23. The highest BCUT2D eigenvalue weighted by Crippen LogP contribution is 2.20. The number of fused-ring (bicyclic) bond motifs is 1. The molecule has 0 fully saturated rings. The molecule has 4 aromatic rings. The summed E-state index contributed by atoms with van der Waals surface area (Å²) in [5.41, 5.74) is 2.33. The standard InChI is InChI=1S/C26H27N3O3S2/c1-3-18-29-23-12-8-9-13-24(23)33-26(29)27-25(30)21-14-16-22(17-15-21)34(31,32)28(4-2)19-20-10-6-5-7-11-20/h5-17H,3-4,18-19H2,1-2H3. The Morgan fingerprint density at radius 2 is 1.62 bits per heavy atom. The Morgan fingerprint density at radius 3 is 2.29 bits per heavy atom. The number of aryl methyl sites for hydroxylation is 1. The van der Waals surface area contributed by atoms with E-state index in [1.807, 2.05) is 61.5 Å². The van der Waals surface area contributed by atoms with Crippen LogP contribution in [0.4, 0.5) is 0 Å². The van der Waals surface area contributed by atoms with E-state index in [2.05, 4.69) is 16.5 Å². The van der Waals surface area contributed by atoms with Gasteiger partial charge in [0.25, 0.3) is 5.91 Å². The van der Waals surface area contributed by atoms with Gasteiger partial charge >= 0.3 is 0 Å². The van der Waals surface area contributed by atoms with Gasteiger partial charge in [-0.3, -0.25) is 4.79 Å². The number of nitrogens with zero attached hydrogens (tertiary/aromatic N) is 3. The van der Waals surface area contributed by atoms with Crippen molar-refractivity contribution in [3.05, 3.63) is 94.8 Å². The molecule has 0 spiro atoms. The Kier molecular flexibility index (Phi) is 7.41. The molecule has 0 aliphatic heterocycles. The topological polar surface area (TPSA) is 71.7 Å². The Labute approximate surface area is 203 Å². The van der Waals surface area contributed by atoms with Crippen molar-refractivity contribution in [1.29, 1.82) is 0 Å². The number of carbonyl (C=O) groups is 1. The molecule has 0 saturated carbocycles. The molecule has 1 heterocycles. The molecule has 3 aromatic carbocycles. The molecular weight excluding hydrogens is 466 g/mol. The molecule has 1 aromatic heterocycles. The largest absolute Gasteiger partial charge is 0.316 e. The lowest BCUT2D eigenvalue weighted by Crippen LogP contribution is -2.30. The minimum atomic E-state index is -3.69. The minimum Gasteiger partial charge on any atom is -0.316 e. The number of thiazole rings is 1. The highest BCUT2D eigenvalue weighted by molar-refractivity contribution is 7.89. The first kappa shape index (κ1) is 24.1. The molecule has 0 saturated heterocycles. The third-order valence-corrected chi connectivity index (χ3v) is 8.52. The van der Waals surface area contributed by atoms with Gasteiger partial charge in [0.2, 0.25) is 10.0 Å². The molecule has 0 aliphatic rings. The maximum atomic E-state index is 13.2. The predicted octanol–water partition coefficient (Wildman–Crippen LogP) is 5.06. The van der Waals surface area contributed by atoms with Gasteiger partial charge in [-0.25, -0.2) is 8.42 Å².